The number of esters is 1. The second-order valence-electron chi connectivity index (χ2n) is 5.97. The molecule has 1 aromatic carbocycles. The van der Waals surface area contributed by atoms with Gasteiger partial charge >= 0.3 is 11.9 Å². The second kappa shape index (κ2) is 6.94. The van der Waals surface area contributed by atoms with Gasteiger partial charge in [0.1, 0.15) is 11.6 Å². The Labute approximate surface area is 129 Å². The Morgan fingerprint density at radius 3 is 2.50 bits per heavy atom. The Morgan fingerprint density at radius 2 is 2.05 bits per heavy atom. The molecule has 0 aromatic heterocycles. The second-order valence-corrected chi connectivity index (χ2v) is 5.97. The van der Waals surface area contributed by atoms with Crippen molar-refractivity contribution in [2.45, 2.75) is 45.8 Å². The Hall–Kier alpha value is -2.55. The molecule has 0 fully saturated rings. The molecule has 1 rings (SSSR count). The number of aryl methyl sites for hydroxylation is 1. The summed E-state index contributed by atoms with van der Waals surface area (Å²) in [5, 5.41) is 20.9. The summed E-state index contributed by atoms with van der Waals surface area (Å²) in [6.07, 6.45) is -0.286. The molecule has 118 valence electrons. The number of carbonyl (C=O) groups excluding carboxylic acids is 1. The topological polar surface area (TPSA) is 99.4 Å². The molecule has 0 saturated carbocycles. The van der Waals surface area contributed by atoms with Crippen molar-refractivity contribution < 1.29 is 19.4 Å². The third-order valence-corrected chi connectivity index (χ3v) is 2.78. The fourth-order valence-electron chi connectivity index (χ4n) is 1.83. The lowest BCUT2D eigenvalue weighted by Gasteiger charge is -2.21. The summed E-state index contributed by atoms with van der Waals surface area (Å²) in [7, 11) is 0. The Kier molecular flexibility index (Phi) is 5.52. The maximum Gasteiger partial charge on any atom is 0.326 e. The molecule has 0 bridgehead atoms. The molecular formula is C16H20N2O4. The average molecular weight is 304 g/mol. The number of carbonyl (C=O) groups is 2. The highest BCUT2D eigenvalue weighted by Crippen LogP contribution is 2.17. The summed E-state index contributed by atoms with van der Waals surface area (Å²) < 4.78 is 5.13. The minimum atomic E-state index is -1.15. The minimum Gasteiger partial charge on any atom is -0.480 e. The largest absolute Gasteiger partial charge is 0.480 e. The number of nitrogens with one attached hydrogen (secondary N) is 1. The van der Waals surface area contributed by atoms with Crippen molar-refractivity contribution in [2.24, 2.45) is 0 Å². The molecule has 0 amide bonds. The number of ether oxygens (including phenoxy) is 1. The number of aliphatic carboxylic acids is 1. The highest BCUT2D eigenvalue weighted by molar-refractivity contribution is 5.84. The van der Waals surface area contributed by atoms with Gasteiger partial charge in [-0.2, -0.15) is 5.26 Å². The fourth-order valence-corrected chi connectivity index (χ4v) is 1.83. The highest BCUT2D eigenvalue weighted by Gasteiger charge is 2.25. The van der Waals surface area contributed by atoms with Crippen LogP contribution in [0.2, 0.25) is 0 Å². The minimum absolute atomic E-state index is 0.286. The summed E-state index contributed by atoms with van der Waals surface area (Å²) in [5.74, 6) is -1.73. The molecule has 0 saturated heterocycles. The first-order chi connectivity index (χ1) is 10.1. The zero-order chi connectivity index (χ0) is 16.9. The van der Waals surface area contributed by atoms with Crippen LogP contribution in [0.25, 0.3) is 0 Å². The summed E-state index contributed by atoms with van der Waals surface area (Å²) in [4.78, 5) is 23.1. The number of hydrogen-bond donors (Lipinski definition) is 2. The smallest absolute Gasteiger partial charge is 0.326 e. The molecule has 0 unspecified atom stereocenters. The monoisotopic (exact) mass is 304 g/mol. The van der Waals surface area contributed by atoms with Gasteiger partial charge in [-0.3, -0.25) is 4.79 Å². The van der Waals surface area contributed by atoms with Gasteiger partial charge in [-0.1, -0.05) is 0 Å². The lowest BCUT2D eigenvalue weighted by atomic mass is 10.1. The first-order valence-electron chi connectivity index (χ1n) is 6.84. The molecule has 0 radical (unpaired) electrons. The zero-order valence-corrected chi connectivity index (χ0v) is 13.1. The van der Waals surface area contributed by atoms with Crippen LogP contribution in [0.4, 0.5) is 5.69 Å². The lowest BCUT2D eigenvalue weighted by molar-refractivity contribution is -0.157. The predicted molar refractivity (Wildman–Crippen MR) is 81.4 cm³/mol. The normalized spacial score (nSPS) is 12.1. The van der Waals surface area contributed by atoms with E-state index in [0.29, 0.717) is 11.3 Å². The van der Waals surface area contributed by atoms with Crippen LogP contribution in [0.1, 0.15) is 38.3 Å². The molecule has 6 nitrogen and oxygen atoms in total. The predicted octanol–water partition coefficient (Wildman–Crippen LogP) is 2.46. The number of benzene rings is 1. The first kappa shape index (κ1) is 17.5. The highest BCUT2D eigenvalue weighted by atomic mass is 16.6. The lowest BCUT2D eigenvalue weighted by Crippen LogP contribution is -2.34. The van der Waals surface area contributed by atoms with E-state index in [4.69, 9.17) is 10.00 Å². The molecule has 2 N–H and O–H groups in total. The van der Waals surface area contributed by atoms with Crippen molar-refractivity contribution in [1.29, 1.82) is 5.26 Å². The number of carboxylic acid groups (broad SMARTS) is 1. The Morgan fingerprint density at radius 1 is 1.41 bits per heavy atom. The van der Waals surface area contributed by atoms with Crippen LogP contribution in [0, 0.1) is 18.3 Å². The van der Waals surface area contributed by atoms with E-state index in [9.17, 15) is 14.7 Å². The van der Waals surface area contributed by atoms with Gasteiger partial charge in [0.25, 0.3) is 0 Å². The number of hydrogen-bond acceptors (Lipinski definition) is 5. The molecule has 0 aliphatic rings. The molecule has 1 aromatic rings. The van der Waals surface area contributed by atoms with Gasteiger partial charge in [-0.05, 0) is 51.5 Å². The maximum absolute atomic E-state index is 11.8. The fraction of sp³-hybridized carbons (Fsp3) is 0.438. The number of carboxylic acids is 1. The van der Waals surface area contributed by atoms with Crippen molar-refractivity contribution in [3.63, 3.8) is 0 Å². The van der Waals surface area contributed by atoms with Crippen LogP contribution in [0.3, 0.4) is 0 Å². The molecular weight excluding hydrogens is 284 g/mol. The van der Waals surface area contributed by atoms with Crippen LogP contribution in [0.5, 0.6) is 0 Å². The van der Waals surface area contributed by atoms with Crippen molar-refractivity contribution in [1.82, 2.24) is 0 Å². The van der Waals surface area contributed by atoms with Crippen LogP contribution in [0.15, 0.2) is 18.2 Å². The Balaban J connectivity index is 2.81. The summed E-state index contributed by atoms with van der Waals surface area (Å²) in [5.41, 5.74) is 1.12. The molecule has 0 aliphatic heterocycles. The van der Waals surface area contributed by atoms with Gasteiger partial charge in [-0.25, -0.2) is 4.79 Å². The van der Waals surface area contributed by atoms with Gasteiger partial charge < -0.3 is 15.2 Å². The van der Waals surface area contributed by atoms with Gasteiger partial charge in [0, 0.05) is 5.69 Å². The van der Waals surface area contributed by atoms with E-state index in [2.05, 4.69) is 5.32 Å². The molecule has 6 heteroatoms. The van der Waals surface area contributed by atoms with Crippen LogP contribution in [-0.4, -0.2) is 28.7 Å². The number of nitriles is 1. The SMILES string of the molecule is Cc1cc(N[C@@H](CC(=O)OC(C)(C)C)C(=O)O)ccc1C#N. The van der Waals surface area contributed by atoms with Gasteiger partial charge in [-0.15, -0.1) is 0 Å². The maximum atomic E-state index is 11.8. The van der Waals surface area contributed by atoms with E-state index in [-0.39, 0.29) is 6.42 Å². The average Bonchev–Trinajstić information content (AvgIpc) is 2.35. The van der Waals surface area contributed by atoms with E-state index in [0.717, 1.165) is 5.56 Å². The zero-order valence-electron chi connectivity index (χ0n) is 13.1. The Bertz CT molecular complexity index is 612. The molecule has 22 heavy (non-hydrogen) atoms. The van der Waals surface area contributed by atoms with Crippen LogP contribution >= 0.6 is 0 Å². The van der Waals surface area contributed by atoms with Crippen molar-refractivity contribution >= 4 is 17.6 Å². The number of nitrogens with zero attached hydrogens (tertiary/aromatic N) is 1. The third-order valence-electron chi connectivity index (χ3n) is 2.78. The first-order valence-corrected chi connectivity index (χ1v) is 6.84. The summed E-state index contributed by atoms with van der Waals surface area (Å²) >= 11 is 0. The quantitative estimate of drug-likeness (QED) is 0.811. The van der Waals surface area contributed by atoms with Crippen LogP contribution < -0.4 is 5.32 Å². The molecule has 0 heterocycles. The molecule has 0 spiro atoms. The van der Waals surface area contributed by atoms with Gasteiger partial charge in [0.2, 0.25) is 0 Å². The standard InChI is InChI=1S/C16H20N2O4/c1-10-7-12(6-5-11(10)9-17)18-13(15(20)21)8-14(19)22-16(2,3)4/h5-7,13,18H,8H2,1-4H3,(H,20,21)/t13-/m0/s1. The van der Waals surface area contributed by atoms with E-state index in [1.807, 2.05) is 6.07 Å². The van der Waals surface area contributed by atoms with Gasteiger partial charge in [0.05, 0.1) is 18.1 Å². The van der Waals surface area contributed by atoms with E-state index < -0.39 is 23.6 Å². The molecule has 1 atom stereocenters. The number of rotatable bonds is 5. The summed E-state index contributed by atoms with van der Waals surface area (Å²) in [6, 6.07) is 5.82. The van der Waals surface area contributed by atoms with Gasteiger partial charge in [0.15, 0.2) is 0 Å². The van der Waals surface area contributed by atoms with Crippen molar-refractivity contribution in [2.75, 3.05) is 5.32 Å². The van der Waals surface area contributed by atoms with Crippen molar-refractivity contribution in [3.05, 3.63) is 29.3 Å². The van der Waals surface area contributed by atoms with Crippen molar-refractivity contribution in [3.8, 4) is 6.07 Å². The summed E-state index contributed by atoms with van der Waals surface area (Å²) in [6.45, 7) is 6.92. The van der Waals surface area contributed by atoms with Crippen LogP contribution in [-0.2, 0) is 14.3 Å². The van der Waals surface area contributed by atoms with E-state index in [1.165, 1.54) is 0 Å². The third kappa shape index (κ3) is 5.44. The number of anilines is 1. The van der Waals surface area contributed by atoms with E-state index >= 15 is 0 Å². The van der Waals surface area contributed by atoms with E-state index in [1.54, 1.807) is 45.9 Å². The molecule has 0 aliphatic carbocycles.